The number of amides is 2. The van der Waals surface area contributed by atoms with Crippen molar-refractivity contribution >= 4 is 34.7 Å². The van der Waals surface area contributed by atoms with Gasteiger partial charge in [0.2, 0.25) is 0 Å². The molecule has 1 aromatic heterocycles. The fourth-order valence-electron chi connectivity index (χ4n) is 2.28. The van der Waals surface area contributed by atoms with E-state index in [0.717, 1.165) is 6.42 Å². The predicted octanol–water partition coefficient (Wildman–Crippen LogP) is 3.92. The Hall–Kier alpha value is -3.01. The minimum absolute atomic E-state index is 0.0483. The SMILES string of the molecule is COC(=O)c1csc(CN(CCC(C)C)C(=O)Nc2ccc([N+](=O)[O-])cc2)n1. The van der Waals surface area contributed by atoms with Crippen LogP contribution < -0.4 is 5.32 Å². The molecule has 2 amide bonds. The average molecular weight is 406 g/mol. The summed E-state index contributed by atoms with van der Waals surface area (Å²) in [4.78, 5) is 40.3. The van der Waals surface area contributed by atoms with Crippen LogP contribution in [-0.2, 0) is 11.3 Å². The first-order chi connectivity index (χ1) is 13.3. The van der Waals surface area contributed by atoms with Crippen LogP contribution in [0.5, 0.6) is 0 Å². The van der Waals surface area contributed by atoms with Crippen LogP contribution in [0.25, 0.3) is 0 Å². The van der Waals surface area contributed by atoms with Crippen molar-refractivity contribution in [3.63, 3.8) is 0 Å². The van der Waals surface area contributed by atoms with Crippen LogP contribution >= 0.6 is 11.3 Å². The van der Waals surface area contributed by atoms with Gasteiger partial charge in [0.25, 0.3) is 5.69 Å². The van der Waals surface area contributed by atoms with Crippen LogP contribution in [0.4, 0.5) is 16.2 Å². The van der Waals surface area contributed by atoms with E-state index in [0.29, 0.717) is 23.2 Å². The number of urea groups is 1. The number of non-ortho nitro benzene ring substituents is 1. The molecular formula is C18H22N4O5S. The molecule has 28 heavy (non-hydrogen) atoms. The van der Waals surface area contributed by atoms with Crippen molar-refractivity contribution in [1.29, 1.82) is 0 Å². The number of methoxy groups -OCH3 is 1. The van der Waals surface area contributed by atoms with E-state index in [4.69, 9.17) is 0 Å². The minimum atomic E-state index is -0.522. The Morgan fingerprint density at radius 3 is 2.57 bits per heavy atom. The van der Waals surface area contributed by atoms with Crippen LogP contribution in [0.2, 0.25) is 0 Å². The van der Waals surface area contributed by atoms with Gasteiger partial charge in [0.1, 0.15) is 5.01 Å². The van der Waals surface area contributed by atoms with Crippen molar-refractivity contribution in [2.45, 2.75) is 26.8 Å². The number of hydrogen-bond acceptors (Lipinski definition) is 7. The molecule has 9 nitrogen and oxygen atoms in total. The molecule has 2 rings (SSSR count). The highest BCUT2D eigenvalue weighted by Crippen LogP contribution is 2.18. The van der Waals surface area contributed by atoms with Crippen molar-refractivity contribution in [3.8, 4) is 0 Å². The molecule has 0 aliphatic heterocycles. The number of carbonyl (C=O) groups is 2. The number of nitrogens with one attached hydrogen (secondary N) is 1. The molecule has 0 saturated carbocycles. The normalized spacial score (nSPS) is 10.6. The molecule has 150 valence electrons. The van der Waals surface area contributed by atoms with E-state index in [1.807, 2.05) is 0 Å². The number of hydrogen-bond donors (Lipinski definition) is 1. The molecule has 1 heterocycles. The number of thiazole rings is 1. The Balaban J connectivity index is 2.10. The lowest BCUT2D eigenvalue weighted by atomic mass is 10.1. The van der Waals surface area contributed by atoms with Crippen LogP contribution in [0.1, 0.15) is 35.8 Å². The van der Waals surface area contributed by atoms with Gasteiger partial charge in [-0.3, -0.25) is 10.1 Å². The maximum absolute atomic E-state index is 12.7. The summed E-state index contributed by atoms with van der Waals surface area (Å²) < 4.78 is 4.65. The third-order valence-electron chi connectivity index (χ3n) is 3.87. The van der Waals surface area contributed by atoms with Gasteiger partial charge in [-0.25, -0.2) is 14.6 Å². The van der Waals surface area contributed by atoms with E-state index in [2.05, 4.69) is 28.9 Å². The molecule has 0 saturated heterocycles. The summed E-state index contributed by atoms with van der Waals surface area (Å²) >= 11 is 1.28. The zero-order chi connectivity index (χ0) is 20.7. The van der Waals surface area contributed by atoms with E-state index in [1.165, 1.54) is 42.7 Å². The number of nitrogens with zero attached hydrogens (tertiary/aromatic N) is 3. The van der Waals surface area contributed by atoms with Crippen molar-refractivity contribution in [2.75, 3.05) is 19.0 Å². The molecule has 0 unspecified atom stereocenters. The molecule has 1 N–H and O–H groups in total. The summed E-state index contributed by atoms with van der Waals surface area (Å²) in [5.41, 5.74) is 0.620. The number of nitro groups is 1. The monoisotopic (exact) mass is 406 g/mol. The number of ether oxygens (including phenoxy) is 1. The molecule has 2 aromatic rings. The minimum Gasteiger partial charge on any atom is -0.464 e. The molecule has 0 spiro atoms. The Morgan fingerprint density at radius 2 is 2.00 bits per heavy atom. The molecule has 0 aliphatic rings. The van der Waals surface area contributed by atoms with Gasteiger partial charge in [-0.2, -0.15) is 0 Å². The number of anilines is 1. The lowest BCUT2D eigenvalue weighted by molar-refractivity contribution is -0.384. The molecule has 0 fully saturated rings. The number of aromatic nitrogens is 1. The van der Waals surface area contributed by atoms with E-state index in [-0.39, 0.29) is 24.0 Å². The maximum Gasteiger partial charge on any atom is 0.357 e. The summed E-state index contributed by atoms with van der Waals surface area (Å²) in [6.07, 6.45) is 0.795. The summed E-state index contributed by atoms with van der Waals surface area (Å²) in [7, 11) is 1.29. The largest absolute Gasteiger partial charge is 0.464 e. The lowest BCUT2D eigenvalue weighted by Gasteiger charge is -2.23. The third-order valence-corrected chi connectivity index (χ3v) is 4.70. The molecule has 0 atom stereocenters. The number of rotatable bonds is 8. The van der Waals surface area contributed by atoms with Crippen LogP contribution in [0.15, 0.2) is 29.6 Å². The zero-order valence-corrected chi connectivity index (χ0v) is 16.7. The quantitative estimate of drug-likeness (QED) is 0.404. The van der Waals surface area contributed by atoms with Gasteiger partial charge < -0.3 is 15.0 Å². The lowest BCUT2D eigenvalue weighted by Crippen LogP contribution is -2.35. The highest BCUT2D eigenvalue weighted by atomic mass is 32.1. The Morgan fingerprint density at radius 1 is 1.32 bits per heavy atom. The average Bonchev–Trinajstić information content (AvgIpc) is 3.13. The first-order valence-electron chi connectivity index (χ1n) is 8.63. The van der Waals surface area contributed by atoms with Gasteiger partial charge in [-0.05, 0) is 24.5 Å². The molecule has 0 bridgehead atoms. The maximum atomic E-state index is 12.7. The number of nitro benzene ring substituents is 1. The molecule has 0 aliphatic carbocycles. The van der Waals surface area contributed by atoms with E-state index in [9.17, 15) is 19.7 Å². The van der Waals surface area contributed by atoms with E-state index >= 15 is 0 Å². The highest BCUT2D eigenvalue weighted by Gasteiger charge is 2.18. The van der Waals surface area contributed by atoms with Gasteiger partial charge in [-0.15, -0.1) is 11.3 Å². The molecular weight excluding hydrogens is 384 g/mol. The Bertz CT molecular complexity index is 835. The second kappa shape index (κ2) is 9.79. The first-order valence-corrected chi connectivity index (χ1v) is 9.51. The topological polar surface area (TPSA) is 115 Å². The van der Waals surface area contributed by atoms with Crippen LogP contribution in [0, 0.1) is 16.0 Å². The Labute approximate surface area is 166 Å². The fraction of sp³-hybridized carbons (Fsp3) is 0.389. The zero-order valence-electron chi connectivity index (χ0n) is 15.9. The Kier molecular flexibility index (Phi) is 7.44. The van der Waals surface area contributed by atoms with E-state index < -0.39 is 10.9 Å². The van der Waals surface area contributed by atoms with Crippen molar-refractivity contribution < 1.29 is 19.2 Å². The summed E-state index contributed by atoms with van der Waals surface area (Å²) in [6.45, 7) is 4.87. The molecule has 1 aromatic carbocycles. The molecule has 0 radical (unpaired) electrons. The van der Waals surface area contributed by atoms with E-state index in [1.54, 1.807) is 10.3 Å². The smallest absolute Gasteiger partial charge is 0.357 e. The van der Waals surface area contributed by atoms with Crippen molar-refractivity contribution in [3.05, 3.63) is 50.5 Å². The summed E-state index contributed by atoms with van der Waals surface area (Å²) in [5, 5.41) is 15.7. The number of carbonyl (C=O) groups excluding carboxylic acids is 2. The third kappa shape index (κ3) is 6.02. The second-order valence-electron chi connectivity index (χ2n) is 6.46. The first kappa shape index (κ1) is 21.3. The van der Waals surface area contributed by atoms with Crippen molar-refractivity contribution in [1.82, 2.24) is 9.88 Å². The van der Waals surface area contributed by atoms with Crippen molar-refractivity contribution in [2.24, 2.45) is 5.92 Å². The summed E-state index contributed by atoms with van der Waals surface area (Å²) in [6, 6.07) is 5.28. The van der Waals surface area contributed by atoms with Crippen LogP contribution in [0.3, 0.4) is 0 Å². The van der Waals surface area contributed by atoms with Gasteiger partial charge >= 0.3 is 12.0 Å². The van der Waals surface area contributed by atoms with Gasteiger partial charge in [-0.1, -0.05) is 13.8 Å². The van der Waals surface area contributed by atoms with Gasteiger partial charge in [0.05, 0.1) is 18.6 Å². The van der Waals surface area contributed by atoms with Gasteiger partial charge in [0.15, 0.2) is 5.69 Å². The number of esters is 1. The molecule has 10 heteroatoms. The second-order valence-corrected chi connectivity index (χ2v) is 7.40. The fourth-order valence-corrected chi connectivity index (χ4v) is 3.06. The standard InChI is InChI=1S/C18H22N4O5S/c1-12(2)8-9-21(10-16-20-15(11-28-16)17(23)27-3)18(24)19-13-4-6-14(7-5-13)22(25)26/h4-7,11-12H,8-10H2,1-3H3,(H,19,24). The highest BCUT2D eigenvalue weighted by molar-refractivity contribution is 7.09. The summed E-state index contributed by atoms with van der Waals surface area (Å²) in [5.74, 6) is -0.122. The van der Waals surface area contributed by atoms with Gasteiger partial charge in [0, 0.05) is 29.7 Å². The van der Waals surface area contributed by atoms with Crippen LogP contribution in [-0.4, -0.2) is 40.5 Å². The predicted molar refractivity (Wildman–Crippen MR) is 105 cm³/mol. The number of benzene rings is 1.